The van der Waals surface area contributed by atoms with Gasteiger partial charge in [0.05, 0.1) is 14.3 Å². The van der Waals surface area contributed by atoms with Gasteiger partial charge in [0, 0.05) is 6.42 Å². The molecule has 1 heterocycles. The van der Waals surface area contributed by atoms with Crippen LogP contribution in [0.3, 0.4) is 0 Å². The quantitative estimate of drug-likeness (QED) is 0.527. The van der Waals surface area contributed by atoms with E-state index in [1.165, 1.54) is 36.6 Å². The fourth-order valence-electron chi connectivity index (χ4n) is 1.91. The molecule has 0 radical (unpaired) electrons. The van der Waals surface area contributed by atoms with E-state index < -0.39 is 8.07 Å². The predicted molar refractivity (Wildman–Crippen MR) is 69.5 cm³/mol. The zero-order valence-corrected chi connectivity index (χ0v) is 11.6. The van der Waals surface area contributed by atoms with E-state index in [9.17, 15) is 0 Å². The standard InChI is InChI=1S/C13H24OSi/c1-5-6-7-8-9-12-13(10-11-14-12)15(2,3)4/h10-11H,5-9H2,1-4H3. The summed E-state index contributed by atoms with van der Waals surface area (Å²) in [5.41, 5.74) is 0. The molecule has 0 spiro atoms. The third kappa shape index (κ3) is 3.86. The maximum Gasteiger partial charge on any atom is 0.102 e. The van der Waals surface area contributed by atoms with Gasteiger partial charge < -0.3 is 4.42 Å². The summed E-state index contributed by atoms with van der Waals surface area (Å²) in [5, 5.41) is 1.51. The molecule has 1 nitrogen and oxygen atoms in total. The summed E-state index contributed by atoms with van der Waals surface area (Å²) in [6.45, 7) is 9.40. The minimum absolute atomic E-state index is 1.13. The molecule has 0 N–H and O–H groups in total. The smallest absolute Gasteiger partial charge is 0.102 e. The lowest BCUT2D eigenvalue weighted by Gasteiger charge is -2.15. The molecule has 0 atom stereocenters. The first-order valence-electron chi connectivity index (χ1n) is 6.12. The van der Waals surface area contributed by atoms with E-state index >= 15 is 0 Å². The topological polar surface area (TPSA) is 13.1 Å². The summed E-state index contributed by atoms with van der Waals surface area (Å²) >= 11 is 0. The lowest BCUT2D eigenvalue weighted by molar-refractivity contribution is 0.497. The summed E-state index contributed by atoms with van der Waals surface area (Å²) in [6.07, 6.45) is 8.26. The molecule has 0 aliphatic carbocycles. The van der Waals surface area contributed by atoms with Crippen LogP contribution < -0.4 is 5.19 Å². The lowest BCUT2D eigenvalue weighted by atomic mass is 10.1. The summed E-state index contributed by atoms with van der Waals surface area (Å²) in [6, 6.07) is 2.18. The molecule has 0 fully saturated rings. The van der Waals surface area contributed by atoms with Crippen molar-refractivity contribution in [3.8, 4) is 0 Å². The van der Waals surface area contributed by atoms with Crippen LogP contribution in [0.25, 0.3) is 0 Å². The molecule has 0 amide bonds. The maximum absolute atomic E-state index is 5.61. The van der Waals surface area contributed by atoms with Gasteiger partial charge in [0.15, 0.2) is 0 Å². The molecule has 1 aromatic rings. The molecular formula is C13H24OSi. The molecule has 0 saturated carbocycles. The fourth-order valence-corrected chi connectivity index (χ4v) is 3.50. The number of hydrogen-bond donors (Lipinski definition) is 0. The van der Waals surface area contributed by atoms with Crippen molar-refractivity contribution in [1.29, 1.82) is 0 Å². The number of hydrogen-bond acceptors (Lipinski definition) is 1. The van der Waals surface area contributed by atoms with Crippen molar-refractivity contribution in [2.75, 3.05) is 0 Å². The minimum atomic E-state index is -1.19. The van der Waals surface area contributed by atoms with Crippen LogP contribution >= 0.6 is 0 Å². The van der Waals surface area contributed by atoms with Gasteiger partial charge in [-0.1, -0.05) is 45.8 Å². The largest absolute Gasteiger partial charge is 0.469 e. The van der Waals surface area contributed by atoms with Crippen LogP contribution in [0, 0.1) is 0 Å². The van der Waals surface area contributed by atoms with Crippen LogP contribution in [0.1, 0.15) is 38.4 Å². The Kier molecular flexibility index (Phi) is 4.65. The highest BCUT2D eigenvalue weighted by Gasteiger charge is 2.21. The van der Waals surface area contributed by atoms with Crippen LogP contribution in [-0.2, 0) is 6.42 Å². The third-order valence-electron chi connectivity index (χ3n) is 2.81. The van der Waals surface area contributed by atoms with Crippen LogP contribution in [0.15, 0.2) is 16.7 Å². The summed E-state index contributed by atoms with van der Waals surface area (Å²) in [5.74, 6) is 1.25. The minimum Gasteiger partial charge on any atom is -0.469 e. The molecule has 0 saturated heterocycles. The van der Waals surface area contributed by atoms with Gasteiger partial charge in [-0.15, -0.1) is 0 Å². The number of furan rings is 1. The SMILES string of the molecule is CCCCCCc1occc1[Si](C)(C)C. The molecule has 0 unspecified atom stereocenters. The maximum atomic E-state index is 5.61. The monoisotopic (exact) mass is 224 g/mol. The van der Waals surface area contributed by atoms with Crippen molar-refractivity contribution in [3.05, 3.63) is 18.1 Å². The van der Waals surface area contributed by atoms with E-state index in [0.717, 1.165) is 6.42 Å². The summed E-state index contributed by atoms with van der Waals surface area (Å²) in [4.78, 5) is 0. The van der Waals surface area contributed by atoms with Crippen LogP contribution in [0.2, 0.25) is 19.6 Å². The van der Waals surface area contributed by atoms with E-state index in [-0.39, 0.29) is 0 Å². The van der Waals surface area contributed by atoms with E-state index in [0.29, 0.717) is 0 Å². The molecule has 0 aromatic carbocycles. The Bertz CT molecular complexity index is 283. The normalized spacial score (nSPS) is 12.0. The lowest BCUT2D eigenvalue weighted by Crippen LogP contribution is -2.38. The Morgan fingerprint density at radius 2 is 1.87 bits per heavy atom. The second-order valence-electron chi connectivity index (χ2n) is 5.32. The van der Waals surface area contributed by atoms with Gasteiger partial charge in [0.1, 0.15) is 5.76 Å². The molecule has 0 aliphatic rings. The van der Waals surface area contributed by atoms with Crippen molar-refractivity contribution in [1.82, 2.24) is 0 Å². The highest BCUT2D eigenvalue weighted by Crippen LogP contribution is 2.12. The molecule has 0 aliphatic heterocycles. The number of rotatable bonds is 6. The average Bonchev–Trinajstić information content (AvgIpc) is 2.59. The van der Waals surface area contributed by atoms with Gasteiger partial charge in [-0.05, 0) is 17.7 Å². The second kappa shape index (κ2) is 5.55. The molecule has 15 heavy (non-hydrogen) atoms. The Hall–Kier alpha value is -0.503. The van der Waals surface area contributed by atoms with Gasteiger partial charge in [-0.2, -0.15) is 0 Å². The first kappa shape index (κ1) is 12.6. The molecule has 0 bridgehead atoms. The first-order valence-corrected chi connectivity index (χ1v) is 9.62. The van der Waals surface area contributed by atoms with E-state index in [1.54, 1.807) is 0 Å². The van der Waals surface area contributed by atoms with Gasteiger partial charge in [-0.3, -0.25) is 0 Å². The van der Waals surface area contributed by atoms with E-state index in [1.807, 2.05) is 6.26 Å². The Morgan fingerprint density at radius 3 is 2.47 bits per heavy atom. The summed E-state index contributed by atoms with van der Waals surface area (Å²) in [7, 11) is -1.19. The van der Waals surface area contributed by atoms with E-state index in [4.69, 9.17) is 4.42 Å². The van der Waals surface area contributed by atoms with Crippen LogP contribution in [-0.4, -0.2) is 8.07 Å². The van der Waals surface area contributed by atoms with Crippen molar-refractivity contribution in [2.45, 2.75) is 58.7 Å². The van der Waals surface area contributed by atoms with Gasteiger partial charge in [0.25, 0.3) is 0 Å². The second-order valence-corrected chi connectivity index (χ2v) is 10.4. The zero-order valence-electron chi connectivity index (χ0n) is 10.6. The highest BCUT2D eigenvalue weighted by molar-refractivity contribution is 6.89. The highest BCUT2D eigenvalue weighted by atomic mass is 28.3. The summed E-state index contributed by atoms with van der Waals surface area (Å²) < 4.78 is 5.61. The van der Waals surface area contributed by atoms with Gasteiger partial charge in [0.2, 0.25) is 0 Å². The number of unbranched alkanes of at least 4 members (excludes halogenated alkanes) is 3. The number of aryl methyl sites for hydroxylation is 1. The van der Waals surface area contributed by atoms with Gasteiger partial charge in [-0.25, -0.2) is 0 Å². The fraction of sp³-hybridized carbons (Fsp3) is 0.692. The van der Waals surface area contributed by atoms with Crippen molar-refractivity contribution in [2.24, 2.45) is 0 Å². The molecule has 1 aromatic heterocycles. The zero-order chi connectivity index (χ0) is 11.3. The van der Waals surface area contributed by atoms with Crippen molar-refractivity contribution in [3.63, 3.8) is 0 Å². The van der Waals surface area contributed by atoms with Crippen LogP contribution in [0.5, 0.6) is 0 Å². The average molecular weight is 224 g/mol. The molecule has 1 rings (SSSR count). The van der Waals surface area contributed by atoms with Crippen molar-refractivity contribution < 1.29 is 4.42 Å². The molecule has 2 heteroatoms. The Labute approximate surface area is 94.9 Å². The first-order chi connectivity index (χ1) is 7.05. The van der Waals surface area contributed by atoms with Crippen LogP contribution in [0.4, 0.5) is 0 Å². The third-order valence-corrected chi connectivity index (χ3v) is 4.87. The predicted octanol–water partition coefficient (Wildman–Crippen LogP) is 3.95. The molecule has 86 valence electrons. The Morgan fingerprint density at radius 1 is 1.13 bits per heavy atom. The van der Waals surface area contributed by atoms with Gasteiger partial charge >= 0.3 is 0 Å². The van der Waals surface area contributed by atoms with E-state index in [2.05, 4.69) is 32.6 Å². The van der Waals surface area contributed by atoms with Crippen molar-refractivity contribution >= 4 is 13.3 Å². The Balaban J connectivity index is 2.51. The molecular weight excluding hydrogens is 200 g/mol.